The minimum Gasteiger partial charge on any atom is -0.494 e. The van der Waals surface area contributed by atoms with Gasteiger partial charge in [-0.1, -0.05) is 36.4 Å². The molecule has 0 spiro atoms. The fraction of sp³-hybridized carbons (Fsp3) is 0.0833. The summed E-state index contributed by atoms with van der Waals surface area (Å²) < 4.78 is 63.3. The lowest BCUT2D eigenvalue weighted by atomic mass is 9.96. The molecule has 4 rings (SSSR count). The highest BCUT2D eigenvalue weighted by atomic mass is 32.2. The maximum Gasteiger partial charge on any atom is 0.417 e. The molecule has 11 heteroatoms. The van der Waals surface area contributed by atoms with Crippen molar-refractivity contribution >= 4 is 27.0 Å². The zero-order valence-electron chi connectivity index (χ0n) is 17.9. The third kappa shape index (κ3) is 5.10. The van der Waals surface area contributed by atoms with E-state index in [1.54, 1.807) is 0 Å². The number of hydrogen-bond acceptors (Lipinski definition) is 5. The smallest absolute Gasteiger partial charge is 0.417 e. The molecule has 180 valence electrons. The Kier molecular flexibility index (Phi) is 6.22. The van der Waals surface area contributed by atoms with Gasteiger partial charge >= 0.3 is 6.18 Å². The molecular formula is C24H18F3N3O4S. The number of aliphatic imine (C=N–C) groups is 1. The molecule has 1 aromatic heterocycles. The molecule has 4 aromatic rings. The van der Waals surface area contributed by atoms with Crippen molar-refractivity contribution < 1.29 is 26.7 Å². The molecule has 3 aromatic carbocycles. The van der Waals surface area contributed by atoms with Crippen molar-refractivity contribution in [3.8, 4) is 17.0 Å². The van der Waals surface area contributed by atoms with Gasteiger partial charge in [0.05, 0.1) is 22.6 Å². The van der Waals surface area contributed by atoms with Crippen molar-refractivity contribution in [1.82, 2.24) is 4.98 Å². The van der Waals surface area contributed by atoms with E-state index in [0.717, 1.165) is 6.07 Å². The molecular weight excluding hydrogens is 483 g/mol. The fourth-order valence-electron chi connectivity index (χ4n) is 3.64. The molecule has 0 saturated heterocycles. The van der Waals surface area contributed by atoms with Crippen LogP contribution in [0.4, 0.5) is 13.2 Å². The van der Waals surface area contributed by atoms with Crippen LogP contribution in [0, 0.1) is 0 Å². The highest BCUT2D eigenvalue weighted by molar-refractivity contribution is 7.89. The molecule has 0 fully saturated rings. The molecule has 1 heterocycles. The van der Waals surface area contributed by atoms with Crippen LogP contribution in [0.5, 0.6) is 5.88 Å². The van der Waals surface area contributed by atoms with Gasteiger partial charge in [-0.25, -0.2) is 13.6 Å². The standard InChI is InChI=1S/C24H18F3N3O4S/c25-24(26,27)21-4-2-1-3-17(21)15-7-10-18-19(11-15)20(23(32)30-22(18)31)13-29-12-14-5-8-16(9-6-14)35(28,33)34/h1-11,13H,12H2,(H2,28,33,34)(H2,30,31,32). The number of alkyl halides is 3. The number of aromatic nitrogens is 1. The maximum atomic E-state index is 13.5. The zero-order valence-corrected chi connectivity index (χ0v) is 18.7. The van der Waals surface area contributed by atoms with Crippen LogP contribution in [0.25, 0.3) is 21.9 Å². The lowest BCUT2D eigenvalue weighted by Crippen LogP contribution is -2.11. The van der Waals surface area contributed by atoms with Crippen molar-refractivity contribution in [2.24, 2.45) is 10.1 Å². The Bertz CT molecular complexity index is 1610. The highest BCUT2D eigenvalue weighted by Gasteiger charge is 2.33. The third-order valence-corrected chi connectivity index (χ3v) is 6.26. The van der Waals surface area contributed by atoms with E-state index in [0.29, 0.717) is 5.56 Å². The number of hydrogen-bond donors (Lipinski definition) is 3. The number of sulfonamides is 1. The van der Waals surface area contributed by atoms with Crippen LogP contribution in [0.2, 0.25) is 0 Å². The van der Waals surface area contributed by atoms with Gasteiger partial charge in [0.2, 0.25) is 15.9 Å². The summed E-state index contributed by atoms with van der Waals surface area (Å²) in [6.45, 7) is 0.0988. The number of H-pyrrole nitrogens is 1. The fourth-order valence-corrected chi connectivity index (χ4v) is 4.16. The number of primary sulfonamides is 1. The summed E-state index contributed by atoms with van der Waals surface area (Å²) in [6, 6.07) is 15.0. The number of aromatic hydroxyl groups is 1. The van der Waals surface area contributed by atoms with Crippen molar-refractivity contribution in [3.05, 3.63) is 93.8 Å². The van der Waals surface area contributed by atoms with Crippen LogP contribution in [0.3, 0.4) is 0 Å². The molecule has 0 aliphatic rings. The van der Waals surface area contributed by atoms with E-state index < -0.39 is 33.2 Å². The first kappa shape index (κ1) is 24.2. The summed E-state index contributed by atoms with van der Waals surface area (Å²) >= 11 is 0. The number of aromatic amines is 1. The maximum absolute atomic E-state index is 13.5. The Morgan fingerprint density at radius 1 is 1.00 bits per heavy atom. The van der Waals surface area contributed by atoms with Gasteiger partial charge in [0, 0.05) is 17.0 Å². The lowest BCUT2D eigenvalue weighted by molar-refractivity contribution is -0.137. The van der Waals surface area contributed by atoms with Gasteiger partial charge in [0.1, 0.15) is 0 Å². The zero-order chi connectivity index (χ0) is 25.4. The summed E-state index contributed by atoms with van der Waals surface area (Å²) in [4.78, 5) is 18.8. The van der Waals surface area contributed by atoms with Crippen molar-refractivity contribution in [2.75, 3.05) is 0 Å². The number of nitrogens with two attached hydrogens (primary N) is 1. The number of halogens is 3. The van der Waals surface area contributed by atoms with Crippen LogP contribution in [-0.4, -0.2) is 24.7 Å². The van der Waals surface area contributed by atoms with Gasteiger partial charge in [-0.3, -0.25) is 14.8 Å². The molecule has 0 aliphatic carbocycles. The van der Waals surface area contributed by atoms with Gasteiger partial charge < -0.3 is 5.11 Å². The van der Waals surface area contributed by atoms with Crippen molar-refractivity contribution in [3.63, 3.8) is 0 Å². The summed E-state index contributed by atoms with van der Waals surface area (Å²) in [7, 11) is -3.83. The van der Waals surface area contributed by atoms with Gasteiger partial charge in [-0.05, 0) is 47.0 Å². The average Bonchev–Trinajstić information content (AvgIpc) is 2.80. The Labute approximate surface area is 197 Å². The summed E-state index contributed by atoms with van der Waals surface area (Å²) in [5, 5.41) is 15.8. The summed E-state index contributed by atoms with van der Waals surface area (Å²) in [5.74, 6) is -0.489. The molecule has 0 saturated carbocycles. The number of fused-ring (bicyclic) bond motifs is 1. The number of nitrogens with zero attached hydrogens (tertiary/aromatic N) is 1. The second-order valence-electron chi connectivity index (χ2n) is 7.68. The Morgan fingerprint density at radius 3 is 2.34 bits per heavy atom. The SMILES string of the molecule is NS(=O)(=O)c1ccc(CN=Cc2c(O)[nH]c(=O)c3ccc(-c4ccccc4C(F)(F)F)cc23)cc1. The number of nitrogens with one attached hydrogen (secondary N) is 1. The summed E-state index contributed by atoms with van der Waals surface area (Å²) in [6.07, 6.45) is -3.29. The van der Waals surface area contributed by atoms with Crippen LogP contribution in [0.1, 0.15) is 16.7 Å². The van der Waals surface area contributed by atoms with Crippen LogP contribution in [0.15, 0.2) is 81.4 Å². The molecule has 0 unspecified atom stereocenters. The molecule has 0 aliphatic heterocycles. The van der Waals surface area contributed by atoms with Crippen LogP contribution < -0.4 is 10.7 Å². The van der Waals surface area contributed by atoms with E-state index in [1.807, 2.05) is 0 Å². The molecule has 0 radical (unpaired) electrons. The molecule has 4 N–H and O–H groups in total. The average molecular weight is 501 g/mol. The van der Waals surface area contributed by atoms with E-state index in [1.165, 1.54) is 66.9 Å². The second-order valence-corrected chi connectivity index (χ2v) is 9.24. The van der Waals surface area contributed by atoms with Gasteiger partial charge in [-0.2, -0.15) is 13.2 Å². The lowest BCUT2D eigenvalue weighted by Gasteiger charge is -2.14. The molecule has 35 heavy (non-hydrogen) atoms. The Morgan fingerprint density at radius 2 is 1.69 bits per heavy atom. The predicted molar refractivity (Wildman–Crippen MR) is 126 cm³/mol. The van der Waals surface area contributed by atoms with Crippen molar-refractivity contribution in [1.29, 1.82) is 0 Å². The quantitative estimate of drug-likeness (QED) is 0.355. The van der Waals surface area contributed by atoms with E-state index in [-0.39, 0.29) is 38.9 Å². The number of rotatable bonds is 5. The van der Waals surface area contributed by atoms with E-state index in [4.69, 9.17) is 5.14 Å². The molecule has 0 amide bonds. The highest BCUT2D eigenvalue weighted by Crippen LogP contribution is 2.38. The first-order valence-corrected chi connectivity index (χ1v) is 11.7. The normalized spacial score (nSPS) is 12.5. The Balaban J connectivity index is 1.76. The minimum absolute atomic E-state index is 0.0545. The summed E-state index contributed by atoms with van der Waals surface area (Å²) in [5.41, 5.74) is -0.535. The predicted octanol–water partition coefficient (Wildman–Crippen LogP) is 4.19. The minimum atomic E-state index is -4.58. The molecule has 0 atom stereocenters. The molecule has 7 nitrogen and oxygen atoms in total. The van der Waals surface area contributed by atoms with Crippen LogP contribution >= 0.6 is 0 Å². The van der Waals surface area contributed by atoms with E-state index >= 15 is 0 Å². The number of pyridine rings is 1. The van der Waals surface area contributed by atoms with Crippen LogP contribution in [-0.2, 0) is 22.7 Å². The monoisotopic (exact) mass is 501 g/mol. The Hall–Kier alpha value is -3.96. The van der Waals surface area contributed by atoms with E-state index in [2.05, 4.69) is 9.98 Å². The topological polar surface area (TPSA) is 126 Å². The van der Waals surface area contributed by atoms with Gasteiger partial charge in [-0.15, -0.1) is 0 Å². The van der Waals surface area contributed by atoms with Crippen molar-refractivity contribution in [2.45, 2.75) is 17.6 Å². The second kappa shape index (κ2) is 9.01. The van der Waals surface area contributed by atoms with Gasteiger partial charge in [0.25, 0.3) is 5.56 Å². The third-order valence-electron chi connectivity index (χ3n) is 5.33. The first-order valence-electron chi connectivity index (χ1n) is 10.1. The molecule has 0 bridgehead atoms. The van der Waals surface area contributed by atoms with Gasteiger partial charge in [0.15, 0.2) is 0 Å². The first-order chi connectivity index (χ1) is 16.4. The largest absolute Gasteiger partial charge is 0.494 e. The number of benzene rings is 3. The van der Waals surface area contributed by atoms with E-state index in [9.17, 15) is 31.5 Å².